The number of rotatable bonds is 21. The first-order valence-electron chi connectivity index (χ1n) is 22.1. The van der Waals surface area contributed by atoms with Crippen LogP contribution in [0.15, 0.2) is 72.8 Å². The Balaban J connectivity index is 0.989. The number of hydrogen-bond acceptors (Lipinski definition) is 9. The first-order chi connectivity index (χ1) is 30.8. The van der Waals surface area contributed by atoms with Crippen molar-refractivity contribution >= 4 is 64.6 Å². The minimum absolute atomic E-state index is 0.188. The van der Waals surface area contributed by atoms with Crippen molar-refractivity contribution in [3.05, 3.63) is 94.8 Å². The number of aliphatic hydroxyl groups excluding tert-OH is 1. The minimum atomic E-state index is -1.12. The van der Waals surface area contributed by atoms with Crippen LogP contribution in [0.2, 0.25) is 5.02 Å². The number of aliphatic hydroxyl groups is 1. The van der Waals surface area contributed by atoms with Gasteiger partial charge in [-0.25, -0.2) is 9.18 Å². The molecular weight excluding hydrogens is 865 g/mol. The molecule has 2 aliphatic carbocycles. The zero-order valence-corrected chi connectivity index (χ0v) is 37.2. The molecule has 0 spiro atoms. The van der Waals surface area contributed by atoms with Crippen LogP contribution in [0.4, 0.5) is 10.1 Å². The van der Waals surface area contributed by atoms with Gasteiger partial charge in [0.15, 0.2) is 6.61 Å². The van der Waals surface area contributed by atoms with Crippen LogP contribution in [0.3, 0.4) is 0 Å². The van der Waals surface area contributed by atoms with Crippen molar-refractivity contribution in [3.8, 4) is 5.75 Å². The average molecular weight is 923 g/mol. The number of thioether (sulfide) groups is 1. The molecule has 1 heterocycles. The first-order valence-corrected chi connectivity index (χ1v) is 23.5. The highest BCUT2D eigenvalue weighted by Gasteiger charge is 2.49. The molecule has 0 bridgehead atoms. The van der Waals surface area contributed by atoms with Crippen LogP contribution in [0, 0.1) is 17.7 Å². The number of aliphatic carboxylic acids is 1. The summed E-state index contributed by atoms with van der Waals surface area (Å²) in [7, 11) is 0. The summed E-state index contributed by atoms with van der Waals surface area (Å²) < 4.78 is 19.5. The van der Waals surface area contributed by atoms with Gasteiger partial charge in [0.25, 0.3) is 5.91 Å². The standard InChI is InChI=1S/C47H57ClFN5O9S/c48-33-15-11-31(12-16-33)39(55)28-64-44-43(54(46(44)60)35-19-17-34(49)18-20-35)32-13-21-36(22-14-32)63-27-42(58)50-25-40(56)52-37(23-29-7-3-1-4-8-29)45(59)51-26-41(57)53-38(47(61)62)24-30-9-5-2-6-10-30/h11-22,29-30,37-39,43-44,55H,1-10,23-28H2,(H,50,58)(H,51,59)(H,52,56)(H,53,57)(H,61,62)/t37-,38-,39?,43-,44-/m1/s1. The predicted molar refractivity (Wildman–Crippen MR) is 241 cm³/mol. The van der Waals surface area contributed by atoms with Gasteiger partial charge in [0.1, 0.15) is 28.9 Å². The molecule has 1 saturated heterocycles. The van der Waals surface area contributed by atoms with E-state index in [2.05, 4.69) is 21.3 Å². The molecule has 14 nitrogen and oxygen atoms in total. The third-order valence-electron chi connectivity index (χ3n) is 12.2. The highest BCUT2D eigenvalue weighted by atomic mass is 35.5. The molecule has 344 valence electrons. The molecule has 6 rings (SSSR count). The molecule has 1 unspecified atom stereocenters. The summed E-state index contributed by atoms with van der Waals surface area (Å²) >= 11 is 7.31. The van der Waals surface area contributed by atoms with Crippen LogP contribution in [-0.4, -0.2) is 88.5 Å². The number of nitrogens with one attached hydrogen (secondary N) is 4. The lowest BCUT2D eigenvalue weighted by Crippen LogP contribution is -2.57. The molecule has 0 radical (unpaired) electrons. The summed E-state index contributed by atoms with van der Waals surface area (Å²) in [5.74, 6) is -3.14. The Morgan fingerprint density at radius 2 is 1.31 bits per heavy atom. The number of nitrogens with zero attached hydrogens (tertiary/aromatic N) is 1. The van der Waals surface area contributed by atoms with E-state index in [0.29, 0.717) is 34.9 Å². The van der Waals surface area contributed by atoms with E-state index < -0.39 is 84.6 Å². The molecule has 5 atom stereocenters. The molecule has 3 aliphatic rings. The van der Waals surface area contributed by atoms with Gasteiger partial charge in [-0.1, -0.05) is 100 Å². The molecule has 3 aromatic carbocycles. The van der Waals surface area contributed by atoms with Crippen LogP contribution in [0.25, 0.3) is 0 Å². The van der Waals surface area contributed by atoms with Gasteiger partial charge in [-0.2, -0.15) is 0 Å². The number of carboxylic acid groups (broad SMARTS) is 1. The van der Waals surface area contributed by atoms with E-state index >= 15 is 0 Å². The number of hydrogen-bond donors (Lipinski definition) is 6. The second-order valence-electron chi connectivity index (χ2n) is 16.9. The van der Waals surface area contributed by atoms with Gasteiger partial charge in [0, 0.05) is 16.5 Å². The van der Waals surface area contributed by atoms with Crippen LogP contribution >= 0.6 is 23.4 Å². The lowest BCUT2D eigenvalue weighted by atomic mass is 9.84. The lowest BCUT2D eigenvalue weighted by Gasteiger charge is -2.47. The molecule has 3 aromatic rings. The largest absolute Gasteiger partial charge is 0.484 e. The number of halogens is 2. The SMILES string of the molecule is O=C(COc1ccc([C@@H]2[C@@H](SCC(O)c3ccc(Cl)cc3)C(=O)N2c2ccc(F)cc2)cc1)NCC(=O)N[C@H](CC1CCCCC1)C(=O)NCC(=O)N[C@H](CC1CCCCC1)C(=O)O. The van der Waals surface area contributed by atoms with E-state index in [-0.39, 0.29) is 23.5 Å². The molecular formula is C47H57ClFN5O9S. The molecule has 3 fully saturated rings. The molecule has 6 N–H and O–H groups in total. The molecule has 17 heteroatoms. The predicted octanol–water partition coefficient (Wildman–Crippen LogP) is 6.01. The fourth-order valence-electron chi connectivity index (χ4n) is 8.70. The number of benzene rings is 3. The molecule has 2 saturated carbocycles. The van der Waals surface area contributed by atoms with Crippen molar-refractivity contribution in [2.24, 2.45) is 11.8 Å². The lowest BCUT2D eigenvalue weighted by molar-refractivity contribution is -0.142. The number of carboxylic acids is 1. The number of carbonyl (C=O) groups excluding carboxylic acids is 5. The van der Waals surface area contributed by atoms with Crippen LogP contribution in [0.1, 0.15) is 100 Å². The Labute approximate surface area is 381 Å². The number of anilines is 1. The number of amides is 5. The maximum absolute atomic E-state index is 13.8. The Kier molecular flexibility index (Phi) is 17.8. The number of β-lactam (4-membered cyclic amide) rings is 1. The fourth-order valence-corrected chi connectivity index (χ4v) is 10.1. The van der Waals surface area contributed by atoms with Crippen molar-refractivity contribution in [1.29, 1.82) is 0 Å². The Bertz CT molecular complexity index is 2070. The fraction of sp³-hybridized carbons (Fsp3) is 0.489. The van der Waals surface area contributed by atoms with Gasteiger partial charge in [0.05, 0.1) is 25.2 Å². The van der Waals surface area contributed by atoms with Crippen molar-refractivity contribution in [1.82, 2.24) is 21.3 Å². The van der Waals surface area contributed by atoms with Gasteiger partial charge in [-0.05, 0) is 84.3 Å². The highest BCUT2D eigenvalue weighted by Crippen LogP contribution is 2.46. The summed E-state index contributed by atoms with van der Waals surface area (Å²) in [5, 5.41) is 30.9. The van der Waals surface area contributed by atoms with Crippen LogP contribution in [0.5, 0.6) is 5.75 Å². The zero-order chi connectivity index (χ0) is 45.6. The topological polar surface area (TPSA) is 203 Å². The van der Waals surface area contributed by atoms with E-state index in [0.717, 1.165) is 69.8 Å². The minimum Gasteiger partial charge on any atom is -0.484 e. The van der Waals surface area contributed by atoms with E-state index in [1.54, 1.807) is 53.4 Å². The van der Waals surface area contributed by atoms with Gasteiger partial charge >= 0.3 is 5.97 Å². The maximum Gasteiger partial charge on any atom is 0.326 e. The molecule has 0 aromatic heterocycles. The van der Waals surface area contributed by atoms with Gasteiger partial charge in [-0.3, -0.25) is 24.0 Å². The third kappa shape index (κ3) is 13.9. The summed E-state index contributed by atoms with van der Waals surface area (Å²) in [4.78, 5) is 78.9. The van der Waals surface area contributed by atoms with E-state index in [4.69, 9.17) is 16.3 Å². The van der Waals surface area contributed by atoms with E-state index in [1.807, 2.05) is 0 Å². The van der Waals surface area contributed by atoms with Crippen molar-refractivity contribution in [2.75, 3.05) is 30.3 Å². The van der Waals surface area contributed by atoms with Gasteiger partial charge in [0.2, 0.25) is 23.6 Å². The van der Waals surface area contributed by atoms with Gasteiger partial charge in [-0.15, -0.1) is 11.8 Å². The molecule has 64 heavy (non-hydrogen) atoms. The normalized spacial score (nSPS) is 19.4. The highest BCUT2D eigenvalue weighted by molar-refractivity contribution is 8.00. The summed E-state index contributed by atoms with van der Waals surface area (Å²) in [6.07, 6.45) is 9.82. The second kappa shape index (κ2) is 23.7. The number of ether oxygens (including phenoxy) is 1. The quantitative estimate of drug-likeness (QED) is 0.0688. The van der Waals surface area contributed by atoms with Gasteiger partial charge < -0.3 is 41.1 Å². The Hall–Kier alpha value is -5.19. The van der Waals surface area contributed by atoms with E-state index in [1.165, 1.54) is 36.0 Å². The monoisotopic (exact) mass is 921 g/mol. The Morgan fingerprint density at radius 1 is 0.750 bits per heavy atom. The Morgan fingerprint density at radius 3 is 1.91 bits per heavy atom. The van der Waals surface area contributed by atoms with Crippen molar-refractivity contribution in [3.63, 3.8) is 0 Å². The van der Waals surface area contributed by atoms with Crippen molar-refractivity contribution in [2.45, 2.75) is 107 Å². The van der Waals surface area contributed by atoms with Crippen LogP contribution in [-0.2, 0) is 28.8 Å². The summed E-state index contributed by atoms with van der Waals surface area (Å²) in [6, 6.07) is 16.8. The number of carbonyl (C=O) groups is 6. The second-order valence-corrected chi connectivity index (χ2v) is 18.5. The third-order valence-corrected chi connectivity index (χ3v) is 13.8. The zero-order valence-electron chi connectivity index (χ0n) is 35.6. The smallest absolute Gasteiger partial charge is 0.326 e. The van der Waals surface area contributed by atoms with Crippen molar-refractivity contribution < 1.29 is 48.1 Å². The maximum atomic E-state index is 13.8. The first kappa shape index (κ1) is 48.3. The summed E-state index contributed by atoms with van der Waals surface area (Å²) in [6.45, 7) is -1.30. The molecule has 5 amide bonds. The molecule has 1 aliphatic heterocycles. The summed E-state index contributed by atoms with van der Waals surface area (Å²) in [5.41, 5.74) is 1.94. The van der Waals surface area contributed by atoms with Crippen LogP contribution < -0.4 is 30.9 Å². The van der Waals surface area contributed by atoms with E-state index in [9.17, 15) is 43.4 Å². The average Bonchev–Trinajstić information content (AvgIpc) is 3.29.